The second-order valence-electron chi connectivity index (χ2n) is 11.8. The number of carbonyl (C=O) groups is 2. The molecule has 0 aliphatic rings. The Morgan fingerprint density at radius 1 is 0.975 bits per heavy atom. The van der Waals surface area contributed by atoms with Gasteiger partial charge in [0.05, 0.1) is 36.0 Å². The average molecular weight is 556 g/mol. The Balaban J connectivity index is 1.62. The minimum Gasteiger partial charge on any atom is -0.494 e. The molecule has 0 unspecified atom stereocenters. The highest BCUT2D eigenvalue weighted by molar-refractivity contribution is 6.02. The number of fused-ring (bicyclic) bond motifs is 3. The zero-order valence-corrected chi connectivity index (χ0v) is 25.1. The number of rotatable bonds is 14. The summed E-state index contributed by atoms with van der Waals surface area (Å²) >= 11 is 0. The highest BCUT2D eigenvalue weighted by Gasteiger charge is 2.24. The summed E-state index contributed by atoms with van der Waals surface area (Å²) in [6.45, 7) is 15.8. The SMILES string of the molecule is CCOCc1nc2cnc3cc(OCCCCCCOC(=O)NC(C)(C)C)ccc3c2n1CC(C)(C)NC(C)=O. The fourth-order valence-electron chi connectivity index (χ4n) is 4.57. The predicted octanol–water partition coefficient (Wildman–Crippen LogP) is 5.50. The van der Waals surface area contributed by atoms with Crippen molar-refractivity contribution >= 4 is 33.9 Å². The van der Waals surface area contributed by atoms with Crippen LogP contribution < -0.4 is 15.4 Å². The molecule has 3 rings (SSSR count). The van der Waals surface area contributed by atoms with Crippen LogP contribution in [0.15, 0.2) is 24.4 Å². The number of pyridine rings is 1. The van der Waals surface area contributed by atoms with E-state index >= 15 is 0 Å². The summed E-state index contributed by atoms with van der Waals surface area (Å²) < 4.78 is 19.1. The molecule has 2 heterocycles. The van der Waals surface area contributed by atoms with E-state index in [0.717, 1.165) is 59.2 Å². The molecule has 1 aromatic carbocycles. The molecule has 0 aliphatic heterocycles. The minimum atomic E-state index is -0.482. The number of alkyl carbamates (subject to hydrolysis) is 1. The maximum Gasteiger partial charge on any atom is 0.407 e. The summed E-state index contributed by atoms with van der Waals surface area (Å²) in [5.74, 6) is 1.48. The van der Waals surface area contributed by atoms with Gasteiger partial charge in [-0.2, -0.15) is 0 Å². The van der Waals surface area contributed by atoms with Crippen LogP contribution in [0, 0.1) is 0 Å². The second-order valence-corrected chi connectivity index (χ2v) is 11.8. The monoisotopic (exact) mass is 555 g/mol. The number of unbranched alkanes of at least 4 members (excludes halogenated alkanes) is 3. The van der Waals surface area contributed by atoms with Crippen LogP contribution >= 0.6 is 0 Å². The van der Waals surface area contributed by atoms with Crippen molar-refractivity contribution in [3.63, 3.8) is 0 Å². The Morgan fingerprint density at radius 2 is 1.70 bits per heavy atom. The van der Waals surface area contributed by atoms with Gasteiger partial charge in [0, 0.05) is 37.1 Å². The second kappa shape index (κ2) is 13.8. The van der Waals surface area contributed by atoms with Crippen molar-refractivity contribution in [3.05, 3.63) is 30.2 Å². The largest absolute Gasteiger partial charge is 0.494 e. The van der Waals surface area contributed by atoms with E-state index in [-0.39, 0.29) is 17.5 Å². The summed E-state index contributed by atoms with van der Waals surface area (Å²) in [5.41, 5.74) is 1.79. The highest BCUT2D eigenvalue weighted by atomic mass is 16.5. The number of imidazole rings is 1. The van der Waals surface area contributed by atoms with Crippen LogP contribution in [0.25, 0.3) is 21.9 Å². The number of nitrogens with one attached hydrogen (secondary N) is 2. The molecule has 10 heteroatoms. The lowest BCUT2D eigenvalue weighted by atomic mass is 10.1. The van der Waals surface area contributed by atoms with Gasteiger partial charge in [-0.15, -0.1) is 0 Å². The molecular formula is C30H45N5O5. The molecular weight excluding hydrogens is 510 g/mol. The van der Waals surface area contributed by atoms with Crippen LogP contribution in [0.3, 0.4) is 0 Å². The molecule has 2 aromatic heterocycles. The molecule has 0 spiro atoms. The van der Waals surface area contributed by atoms with Gasteiger partial charge in [-0.3, -0.25) is 9.78 Å². The van der Waals surface area contributed by atoms with Gasteiger partial charge in [0.1, 0.15) is 23.7 Å². The Morgan fingerprint density at radius 3 is 2.38 bits per heavy atom. The van der Waals surface area contributed by atoms with Crippen molar-refractivity contribution in [3.8, 4) is 5.75 Å². The van der Waals surface area contributed by atoms with Crippen molar-refractivity contribution in [1.29, 1.82) is 0 Å². The van der Waals surface area contributed by atoms with E-state index in [0.29, 0.717) is 33.0 Å². The molecule has 10 nitrogen and oxygen atoms in total. The topological polar surface area (TPSA) is 117 Å². The van der Waals surface area contributed by atoms with Crippen LogP contribution in [0.4, 0.5) is 4.79 Å². The lowest BCUT2D eigenvalue weighted by Crippen LogP contribution is -2.45. The Bertz CT molecular complexity index is 1300. The van der Waals surface area contributed by atoms with E-state index in [1.165, 1.54) is 6.92 Å². The van der Waals surface area contributed by atoms with E-state index < -0.39 is 5.54 Å². The quantitative estimate of drug-likeness (QED) is 0.252. The maximum absolute atomic E-state index is 11.8. The van der Waals surface area contributed by atoms with Crippen LogP contribution in [-0.2, 0) is 27.4 Å². The van der Waals surface area contributed by atoms with Gasteiger partial charge < -0.3 is 29.4 Å². The molecule has 40 heavy (non-hydrogen) atoms. The molecule has 0 fully saturated rings. The molecule has 220 valence electrons. The van der Waals surface area contributed by atoms with Crippen LogP contribution in [-0.4, -0.2) is 57.4 Å². The number of amides is 2. The number of nitrogens with zero attached hydrogens (tertiary/aromatic N) is 3. The van der Waals surface area contributed by atoms with Gasteiger partial charge in [0.25, 0.3) is 0 Å². The molecule has 0 bridgehead atoms. The summed E-state index contributed by atoms with van der Waals surface area (Å²) in [6, 6.07) is 5.94. The van der Waals surface area contributed by atoms with Crippen LogP contribution in [0.2, 0.25) is 0 Å². The van der Waals surface area contributed by atoms with E-state index in [1.54, 1.807) is 6.20 Å². The Labute approximate surface area is 237 Å². The van der Waals surface area contributed by atoms with Crippen molar-refractivity contribution in [1.82, 2.24) is 25.2 Å². The molecule has 2 N–H and O–H groups in total. The molecule has 0 saturated heterocycles. The average Bonchev–Trinajstić information content (AvgIpc) is 3.19. The van der Waals surface area contributed by atoms with Gasteiger partial charge in [0.2, 0.25) is 5.91 Å². The first-order valence-electron chi connectivity index (χ1n) is 14.1. The molecule has 2 amide bonds. The standard InChI is InChI=1S/C30H45N5O5/c1-8-38-19-26-32-25-18-31-24-17-22(39-15-11-9-10-12-16-40-28(37)34-29(3,4)5)13-14-23(24)27(25)35(26)20-30(6,7)33-21(2)36/h13-14,17-18H,8-12,15-16,19-20H2,1-7H3,(H,33,36)(H,34,37). The summed E-state index contributed by atoms with van der Waals surface area (Å²) in [7, 11) is 0. The summed E-state index contributed by atoms with van der Waals surface area (Å²) in [4.78, 5) is 32.9. The smallest absolute Gasteiger partial charge is 0.407 e. The lowest BCUT2D eigenvalue weighted by Gasteiger charge is -2.27. The number of benzene rings is 1. The van der Waals surface area contributed by atoms with E-state index in [2.05, 4.69) is 20.2 Å². The van der Waals surface area contributed by atoms with Crippen molar-refractivity contribution < 1.29 is 23.8 Å². The van der Waals surface area contributed by atoms with Gasteiger partial charge in [-0.1, -0.05) is 0 Å². The predicted molar refractivity (Wildman–Crippen MR) is 156 cm³/mol. The molecule has 0 radical (unpaired) electrons. The van der Waals surface area contributed by atoms with Crippen molar-refractivity contribution in [2.45, 2.75) is 98.4 Å². The third-order valence-electron chi connectivity index (χ3n) is 6.14. The first kappa shape index (κ1) is 31.1. The van der Waals surface area contributed by atoms with E-state index in [1.807, 2.05) is 59.7 Å². The zero-order valence-electron chi connectivity index (χ0n) is 25.1. The molecule has 0 atom stereocenters. The maximum atomic E-state index is 11.8. The Hall–Kier alpha value is -3.40. The number of aromatic nitrogens is 3. The number of hydrogen-bond acceptors (Lipinski definition) is 7. The highest BCUT2D eigenvalue weighted by Crippen LogP contribution is 2.29. The third-order valence-corrected chi connectivity index (χ3v) is 6.14. The Kier molecular flexibility index (Phi) is 10.7. The minimum absolute atomic E-state index is 0.0778. The van der Waals surface area contributed by atoms with Gasteiger partial charge in [0.15, 0.2) is 0 Å². The number of ether oxygens (including phenoxy) is 3. The lowest BCUT2D eigenvalue weighted by molar-refractivity contribution is -0.120. The number of hydrogen-bond donors (Lipinski definition) is 2. The molecule has 0 aliphatic carbocycles. The zero-order chi connectivity index (χ0) is 29.3. The summed E-state index contributed by atoms with van der Waals surface area (Å²) in [6.07, 6.45) is 5.09. The van der Waals surface area contributed by atoms with Gasteiger partial charge in [-0.25, -0.2) is 9.78 Å². The van der Waals surface area contributed by atoms with Gasteiger partial charge in [-0.05, 0) is 79.4 Å². The van der Waals surface area contributed by atoms with E-state index in [4.69, 9.17) is 19.2 Å². The fourth-order valence-corrected chi connectivity index (χ4v) is 4.57. The van der Waals surface area contributed by atoms with Crippen LogP contribution in [0.5, 0.6) is 5.75 Å². The summed E-state index contributed by atoms with van der Waals surface area (Å²) in [5, 5.41) is 6.79. The van der Waals surface area contributed by atoms with Gasteiger partial charge >= 0.3 is 6.09 Å². The van der Waals surface area contributed by atoms with Crippen molar-refractivity contribution in [2.75, 3.05) is 19.8 Å². The molecule has 0 saturated carbocycles. The normalized spacial score (nSPS) is 12.1. The molecule has 3 aromatic rings. The third kappa shape index (κ3) is 9.36. The fraction of sp³-hybridized carbons (Fsp3) is 0.600. The first-order valence-corrected chi connectivity index (χ1v) is 14.1. The van der Waals surface area contributed by atoms with Crippen molar-refractivity contribution in [2.24, 2.45) is 0 Å². The van der Waals surface area contributed by atoms with Crippen LogP contribution in [0.1, 0.15) is 80.0 Å². The number of carbonyl (C=O) groups excluding carboxylic acids is 2. The van der Waals surface area contributed by atoms with E-state index in [9.17, 15) is 9.59 Å². The first-order chi connectivity index (χ1) is 18.9.